The van der Waals surface area contributed by atoms with Crippen LogP contribution in [-0.2, 0) is 11.3 Å². The van der Waals surface area contributed by atoms with E-state index in [9.17, 15) is 4.79 Å². The molecule has 0 radical (unpaired) electrons. The number of rotatable bonds is 2. The fourth-order valence-corrected chi connectivity index (χ4v) is 3.55. The van der Waals surface area contributed by atoms with E-state index in [1.54, 1.807) is 0 Å². The first-order chi connectivity index (χ1) is 8.74. The fourth-order valence-electron chi connectivity index (χ4n) is 3.11. The maximum Gasteiger partial charge on any atom is 0.224 e. The Bertz CT molecular complexity index is 463. The van der Waals surface area contributed by atoms with E-state index < -0.39 is 0 Å². The van der Waals surface area contributed by atoms with Gasteiger partial charge in [0, 0.05) is 23.6 Å². The second-order valence-corrected chi connectivity index (χ2v) is 6.08. The van der Waals surface area contributed by atoms with Crippen molar-refractivity contribution < 1.29 is 4.79 Å². The van der Waals surface area contributed by atoms with Gasteiger partial charge in [0.25, 0.3) is 0 Å². The second-order valence-electron chi connectivity index (χ2n) is 5.16. The van der Waals surface area contributed by atoms with Gasteiger partial charge in [-0.25, -0.2) is 0 Å². The largest absolute Gasteiger partial charge is 0.354 e. The van der Waals surface area contributed by atoms with Gasteiger partial charge >= 0.3 is 0 Å². The van der Waals surface area contributed by atoms with Crippen LogP contribution in [0.5, 0.6) is 0 Å². The molecule has 0 saturated carbocycles. The van der Waals surface area contributed by atoms with Crippen LogP contribution in [0.25, 0.3) is 0 Å². The number of likely N-dealkylation sites (tertiary alicyclic amines) is 1. The van der Waals surface area contributed by atoms with Crippen molar-refractivity contribution in [2.24, 2.45) is 5.92 Å². The summed E-state index contributed by atoms with van der Waals surface area (Å²) in [7, 11) is 0. The van der Waals surface area contributed by atoms with Gasteiger partial charge in [0.2, 0.25) is 5.91 Å². The molecule has 2 fully saturated rings. The molecule has 2 saturated heterocycles. The molecular formula is C14H17BrN2O. The van der Waals surface area contributed by atoms with Gasteiger partial charge < -0.3 is 5.32 Å². The lowest BCUT2D eigenvalue weighted by molar-refractivity contribution is -0.124. The summed E-state index contributed by atoms with van der Waals surface area (Å²) in [5.74, 6) is 0.463. The lowest BCUT2D eigenvalue weighted by Crippen LogP contribution is -2.44. The summed E-state index contributed by atoms with van der Waals surface area (Å²) in [6.45, 7) is 2.86. The van der Waals surface area contributed by atoms with Crippen molar-refractivity contribution in [2.75, 3.05) is 13.1 Å². The smallest absolute Gasteiger partial charge is 0.224 e. The number of nitrogens with one attached hydrogen (secondary N) is 1. The standard InChI is InChI=1S/C14H17BrN2O/c15-11-4-1-3-10(7-11)9-17-6-2-5-12-13(17)8-16-14(12)18/h1,3-4,7,12-13H,2,5-6,8-9H2,(H,16,18). The van der Waals surface area contributed by atoms with Gasteiger partial charge in [0.05, 0.1) is 5.92 Å². The number of halogens is 1. The van der Waals surface area contributed by atoms with Gasteiger partial charge in [0.15, 0.2) is 0 Å². The highest BCUT2D eigenvalue weighted by atomic mass is 79.9. The Hall–Kier alpha value is -0.870. The van der Waals surface area contributed by atoms with E-state index in [4.69, 9.17) is 0 Å². The molecular weight excluding hydrogens is 292 g/mol. The maximum absolute atomic E-state index is 11.7. The highest BCUT2D eigenvalue weighted by molar-refractivity contribution is 9.10. The minimum absolute atomic E-state index is 0.214. The number of piperidine rings is 1. The van der Waals surface area contributed by atoms with Crippen molar-refractivity contribution in [1.29, 1.82) is 0 Å². The molecule has 96 valence electrons. The van der Waals surface area contributed by atoms with Crippen LogP contribution in [-0.4, -0.2) is 29.9 Å². The SMILES string of the molecule is O=C1NCC2C1CCCN2Cc1cccc(Br)c1. The molecule has 0 aromatic heterocycles. The molecule has 2 unspecified atom stereocenters. The summed E-state index contributed by atoms with van der Waals surface area (Å²) in [5, 5.41) is 3.00. The Balaban J connectivity index is 1.74. The van der Waals surface area contributed by atoms with E-state index >= 15 is 0 Å². The van der Waals surface area contributed by atoms with Crippen LogP contribution >= 0.6 is 15.9 Å². The first-order valence-electron chi connectivity index (χ1n) is 6.50. The van der Waals surface area contributed by atoms with Crippen molar-refractivity contribution in [3.63, 3.8) is 0 Å². The van der Waals surface area contributed by atoms with Crippen LogP contribution in [0.3, 0.4) is 0 Å². The Morgan fingerprint density at radius 1 is 1.44 bits per heavy atom. The first kappa shape index (κ1) is 12.2. The summed E-state index contributed by atoms with van der Waals surface area (Å²) in [4.78, 5) is 14.2. The zero-order valence-corrected chi connectivity index (χ0v) is 11.8. The average molecular weight is 309 g/mol. The number of amides is 1. The average Bonchev–Trinajstić information content (AvgIpc) is 2.73. The minimum atomic E-state index is 0.214. The predicted molar refractivity (Wildman–Crippen MR) is 74.1 cm³/mol. The molecule has 3 nitrogen and oxygen atoms in total. The fraction of sp³-hybridized carbons (Fsp3) is 0.500. The van der Waals surface area contributed by atoms with E-state index in [0.717, 1.165) is 36.9 Å². The monoisotopic (exact) mass is 308 g/mol. The Morgan fingerprint density at radius 3 is 3.17 bits per heavy atom. The molecule has 1 aromatic rings. The van der Waals surface area contributed by atoms with E-state index in [2.05, 4.69) is 44.3 Å². The summed E-state index contributed by atoms with van der Waals surface area (Å²) < 4.78 is 1.12. The number of fused-ring (bicyclic) bond motifs is 1. The zero-order chi connectivity index (χ0) is 12.5. The molecule has 4 heteroatoms. The second kappa shape index (κ2) is 5.02. The molecule has 0 spiro atoms. The summed E-state index contributed by atoms with van der Waals surface area (Å²) in [6.07, 6.45) is 2.17. The molecule has 2 atom stereocenters. The van der Waals surface area contributed by atoms with Crippen molar-refractivity contribution in [3.8, 4) is 0 Å². The number of carbonyl (C=O) groups is 1. The third-order valence-corrected chi connectivity index (χ3v) is 4.48. The van der Waals surface area contributed by atoms with Crippen LogP contribution in [0.1, 0.15) is 18.4 Å². The van der Waals surface area contributed by atoms with E-state index in [1.807, 2.05) is 6.07 Å². The lowest BCUT2D eigenvalue weighted by Gasteiger charge is -2.35. The van der Waals surface area contributed by atoms with Crippen LogP contribution in [0, 0.1) is 5.92 Å². The highest BCUT2D eigenvalue weighted by Gasteiger charge is 2.40. The molecule has 1 amide bonds. The molecule has 0 aliphatic carbocycles. The highest BCUT2D eigenvalue weighted by Crippen LogP contribution is 2.28. The molecule has 2 heterocycles. The summed E-state index contributed by atoms with van der Waals surface area (Å²) in [5.41, 5.74) is 1.31. The van der Waals surface area contributed by atoms with Crippen molar-refractivity contribution >= 4 is 21.8 Å². The Morgan fingerprint density at radius 2 is 2.33 bits per heavy atom. The summed E-state index contributed by atoms with van der Waals surface area (Å²) >= 11 is 3.51. The van der Waals surface area contributed by atoms with Crippen LogP contribution in [0.2, 0.25) is 0 Å². The van der Waals surface area contributed by atoms with Gasteiger partial charge in [-0.05, 0) is 37.1 Å². The molecule has 0 bridgehead atoms. The third-order valence-electron chi connectivity index (χ3n) is 3.99. The van der Waals surface area contributed by atoms with E-state index in [0.29, 0.717) is 6.04 Å². The predicted octanol–water partition coefficient (Wildman–Crippen LogP) is 2.16. The van der Waals surface area contributed by atoms with Crippen molar-refractivity contribution in [3.05, 3.63) is 34.3 Å². The summed E-state index contributed by atoms with van der Waals surface area (Å²) in [6, 6.07) is 8.82. The quantitative estimate of drug-likeness (QED) is 0.908. The van der Waals surface area contributed by atoms with Gasteiger partial charge in [-0.15, -0.1) is 0 Å². The zero-order valence-electron chi connectivity index (χ0n) is 10.2. The normalized spacial score (nSPS) is 27.9. The molecule has 3 rings (SSSR count). The Kier molecular flexibility index (Phi) is 3.39. The van der Waals surface area contributed by atoms with Gasteiger partial charge in [-0.1, -0.05) is 28.1 Å². The molecule has 2 aliphatic rings. The maximum atomic E-state index is 11.7. The third kappa shape index (κ3) is 2.31. The minimum Gasteiger partial charge on any atom is -0.354 e. The topological polar surface area (TPSA) is 32.3 Å². The molecule has 18 heavy (non-hydrogen) atoms. The molecule has 1 aromatic carbocycles. The Labute approximate surface area is 116 Å². The number of benzene rings is 1. The number of carbonyl (C=O) groups excluding carboxylic acids is 1. The van der Waals surface area contributed by atoms with Gasteiger partial charge in [-0.2, -0.15) is 0 Å². The van der Waals surface area contributed by atoms with Crippen LogP contribution < -0.4 is 5.32 Å². The number of hydrogen-bond donors (Lipinski definition) is 1. The van der Waals surface area contributed by atoms with E-state index in [-0.39, 0.29) is 11.8 Å². The molecule has 2 aliphatic heterocycles. The van der Waals surface area contributed by atoms with Crippen molar-refractivity contribution in [2.45, 2.75) is 25.4 Å². The number of hydrogen-bond acceptors (Lipinski definition) is 2. The van der Waals surface area contributed by atoms with Gasteiger partial charge in [-0.3, -0.25) is 9.69 Å². The van der Waals surface area contributed by atoms with Gasteiger partial charge in [0.1, 0.15) is 0 Å². The number of nitrogens with zero attached hydrogens (tertiary/aromatic N) is 1. The van der Waals surface area contributed by atoms with E-state index in [1.165, 1.54) is 5.56 Å². The lowest BCUT2D eigenvalue weighted by atomic mass is 9.91. The van der Waals surface area contributed by atoms with Crippen LogP contribution in [0.4, 0.5) is 0 Å². The van der Waals surface area contributed by atoms with Crippen molar-refractivity contribution in [1.82, 2.24) is 10.2 Å². The van der Waals surface area contributed by atoms with Crippen LogP contribution in [0.15, 0.2) is 28.7 Å². The first-order valence-corrected chi connectivity index (χ1v) is 7.29. The molecule has 1 N–H and O–H groups in total.